The highest BCUT2D eigenvalue weighted by molar-refractivity contribution is 5.34. The molecular formula is C13H21N3. The van der Waals surface area contributed by atoms with Crippen molar-refractivity contribution < 1.29 is 0 Å². The van der Waals surface area contributed by atoms with E-state index in [1.807, 2.05) is 12.1 Å². The molecule has 1 saturated carbocycles. The van der Waals surface area contributed by atoms with Gasteiger partial charge in [0, 0.05) is 13.1 Å². The summed E-state index contributed by atoms with van der Waals surface area (Å²) in [6.45, 7) is 4.26. The van der Waals surface area contributed by atoms with E-state index in [0.29, 0.717) is 5.41 Å². The highest BCUT2D eigenvalue weighted by Gasteiger charge is 2.34. The summed E-state index contributed by atoms with van der Waals surface area (Å²) in [6.07, 6.45) is 7.16. The number of nitrogens with zero attached hydrogens (tertiary/aromatic N) is 1. The second-order valence-electron chi connectivity index (χ2n) is 4.89. The van der Waals surface area contributed by atoms with Crippen molar-refractivity contribution in [2.75, 3.05) is 12.3 Å². The van der Waals surface area contributed by atoms with Crippen LogP contribution in [-0.2, 0) is 6.54 Å². The molecule has 1 aliphatic rings. The van der Waals surface area contributed by atoms with Crippen LogP contribution in [0, 0.1) is 5.41 Å². The van der Waals surface area contributed by atoms with E-state index in [1.54, 1.807) is 6.20 Å². The summed E-state index contributed by atoms with van der Waals surface area (Å²) < 4.78 is 0. The molecule has 0 bridgehead atoms. The first-order valence-electron chi connectivity index (χ1n) is 6.15. The van der Waals surface area contributed by atoms with E-state index in [9.17, 15) is 0 Å². The lowest BCUT2D eigenvalue weighted by Gasteiger charge is -2.41. The van der Waals surface area contributed by atoms with Crippen LogP contribution < -0.4 is 11.1 Å². The van der Waals surface area contributed by atoms with E-state index >= 15 is 0 Å². The lowest BCUT2D eigenvalue weighted by molar-refractivity contribution is 0.123. The molecule has 3 nitrogen and oxygen atoms in total. The summed E-state index contributed by atoms with van der Waals surface area (Å²) in [5.74, 6) is 0. The van der Waals surface area contributed by atoms with E-state index < -0.39 is 0 Å². The Morgan fingerprint density at radius 2 is 2.25 bits per heavy atom. The average molecular weight is 219 g/mol. The Labute approximate surface area is 97.5 Å². The molecule has 0 atom stereocenters. The minimum absolute atomic E-state index is 0.577. The molecule has 0 spiro atoms. The van der Waals surface area contributed by atoms with E-state index in [0.717, 1.165) is 24.5 Å². The monoisotopic (exact) mass is 219 g/mol. The van der Waals surface area contributed by atoms with E-state index in [-0.39, 0.29) is 0 Å². The predicted molar refractivity (Wildman–Crippen MR) is 66.9 cm³/mol. The minimum atomic E-state index is 0.577. The molecule has 0 saturated heterocycles. The Morgan fingerprint density at radius 1 is 1.44 bits per heavy atom. The zero-order valence-electron chi connectivity index (χ0n) is 10.00. The fraction of sp³-hybridized carbons (Fsp3) is 0.615. The van der Waals surface area contributed by atoms with Gasteiger partial charge in [0.1, 0.15) is 0 Å². The van der Waals surface area contributed by atoms with Crippen LogP contribution in [-0.4, -0.2) is 11.5 Å². The number of nitrogens with one attached hydrogen (secondary N) is 1. The molecule has 1 aromatic heterocycles. The third-order valence-electron chi connectivity index (χ3n) is 3.82. The zero-order chi connectivity index (χ0) is 11.4. The summed E-state index contributed by atoms with van der Waals surface area (Å²) in [5, 5.41) is 3.51. The van der Waals surface area contributed by atoms with Gasteiger partial charge >= 0.3 is 0 Å². The van der Waals surface area contributed by atoms with Crippen molar-refractivity contribution in [1.82, 2.24) is 10.3 Å². The van der Waals surface area contributed by atoms with Gasteiger partial charge < -0.3 is 11.1 Å². The predicted octanol–water partition coefficient (Wildman–Crippen LogP) is 2.33. The minimum Gasteiger partial charge on any atom is -0.397 e. The lowest BCUT2D eigenvalue weighted by atomic mass is 9.67. The Balaban J connectivity index is 1.77. The van der Waals surface area contributed by atoms with E-state index in [1.165, 1.54) is 25.7 Å². The molecule has 1 aromatic rings. The first-order valence-corrected chi connectivity index (χ1v) is 6.15. The Kier molecular flexibility index (Phi) is 3.44. The second kappa shape index (κ2) is 4.83. The molecule has 88 valence electrons. The van der Waals surface area contributed by atoms with Gasteiger partial charge in [-0.2, -0.15) is 0 Å². The smallest absolute Gasteiger partial charge is 0.0543 e. The SMILES string of the molecule is CCC1(CNCc2ccc(N)cn2)CCC1. The molecule has 0 aliphatic heterocycles. The fourth-order valence-corrected chi connectivity index (χ4v) is 2.33. The van der Waals surface area contributed by atoms with Gasteiger partial charge in [-0.15, -0.1) is 0 Å². The van der Waals surface area contributed by atoms with Crippen LogP contribution in [0.3, 0.4) is 0 Å². The number of pyridine rings is 1. The average Bonchev–Trinajstić information content (AvgIpc) is 2.25. The Morgan fingerprint density at radius 3 is 2.75 bits per heavy atom. The molecule has 1 aliphatic carbocycles. The van der Waals surface area contributed by atoms with Gasteiger partial charge in [0.15, 0.2) is 0 Å². The highest BCUT2D eigenvalue weighted by atomic mass is 14.9. The van der Waals surface area contributed by atoms with Crippen molar-refractivity contribution in [2.24, 2.45) is 5.41 Å². The van der Waals surface area contributed by atoms with Gasteiger partial charge in [-0.3, -0.25) is 4.98 Å². The maximum atomic E-state index is 5.59. The van der Waals surface area contributed by atoms with Crippen LogP contribution in [0.4, 0.5) is 5.69 Å². The van der Waals surface area contributed by atoms with E-state index in [2.05, 4.69) is 17.2 Å². The third kappa shape index (κ3) is 2.53. The van der Waals surface area contributed by atoms with Gasteiger partial charge in [-0.25, -0.2) is 0 Å². The largest absolute Gasteiger partial charge is 0.397 e. The van der Waals surface area contributed by atoms with Crippen molar-refractivity contribution >= 4 is 5.69 Å². The number of hydrogen-bond acceptors (Lipinski definition) is 3. The quantitative estimate of drug-likeness (QED) is 0.799. The van der Waals surface area contributed by atoms with Gasteiger partial charge in [0.25, 0.3) is 0 Å². The van der Waals surface area contributed by atoms with Crippen molar-refractivity contribution in [1.29, 1.82) is 0 Å². The maximum Gasteiger partial charge on any atom is 0.0543 e. The molecule has 3 N–H and O–H groups in total. The maximum absolute atomic E-state index is 5.59. The van der Waals surface area contributed by atoms with Crippen LogP contribution >= 0.6 is 0 Å². The Bertz CT molecular complexity index is 322. The van der Waals surface area contributed by atoms with Gasteiger partial charge in [0.05, 0.1) is 17.6 Å². The van der Waals surface area contributed by atoms with Crippen molar-refractivity contribution in [3.63, 3.8) is 0 Å². The summed E-state index contributed by atoms with van der Waals surface area (Å²) in [4.78, 5) is 4.28. The third-order valence-corrected chi connectivity index (χ3v) is 3.82. The van der Waals surface area contributed by atoms with Crippen LogP contribution in [0.5, 0.6) is 0 Å². The summed E-state index contributed by atoms with van der Waals surface area (Å²) in [6, 6.07) is 3.89. The Hall–Kier alpha value is -1.09. The van der Waals surface area contributed by atoms with Gasteiger partial charge in [-0.05, 0) is 36.8 Å². The summed E-state index contributed by atoms with van der Waals surface area (Å²) >= 11 is 0. The molecule has 16 heavy (non-hydrogen) atoms. The van der Waals surface area contributed by atoms with Crippen LogP contribution in [0.25, 0.3) is 0 Å². The molecule has 0 amide bonds. The number of rotatable bonds is 5. The first-order chi connectivity index (χ1) is 7.74. The lowest BCUT2D eigenvalue weighted by Crippen LogP contribution is -2.39. The summed E-state index contributed by atoms with van der Waals surface area (Å²) in [7, 11) is 0. The molecule has 1 heterocycles. The molecule has 1 fully saturated rings. The number of hydrogen-bond donors (Lipinski definition) is 2. The standard InChI is InChI=1S/C13H21N3/c1-2-13(6-3-7-13)10-15-9-12-5-4-11(14)8-16-12/h4-5,8,15H,2-3,6-7,9-10,14H2,1H3. The van der Waals surface area contributed by atoms with Crippen molar-refractivity contribution in [3.05, 3.63) is 24.0 Å². The van der Waals surface area contributed by atoms with Crippen LogP contribution in [0.2, 0.25) is 0 Å². The molecule has 2 rings (SSSR count). The summed E-state index contributed by atoms with van der Waals surface area (Å²) in [5.41, 5.74) is 7.97. The molecule has 0 aromatic carbocycles. The highest BCUT2D eigenvalue weighted by Crippen LogP contribution is 2.43. The fourth-order valence-electron chi connectivity index (χ4n) is 2.33. The van der Waals surface area contributed by atoms with E-state index in [4.69, 9.17) is 5.73 Å². The number of anilines is 1. The number of nitrogen functional groups attached to an aromatic ring is 1. The normalized spacial score (nSPS) is 18.1. The molecule has 0 unspecified atom stereocenters. The molecular weight excluding hydrogens is 198 g/mol. The van der Waals surface area contributed by atoms with Crippen LogP contribution in [0.1, 0.15) is 38.3 Å². The van der Waals surface area contributed by atoms with Crippen molar-refractivity contribution in [2.45, 2.75) is 39.2 Å². The topological polar surface area (TPSA) is 50.9 Å². The number of nitrogens with two attached hydrogens (primary N) is 1. The number of aromatic nitrogens is 1. The second-order valence-corrected chi connectivity index (χ2v) is 4.89. The molecule has 0 radical (unpaired) electrons. The molecule has 3 heteroatoms. The van der Waals surface area contributed by atoms with Crippen LogP contribution in [0.15, 0.2) is 18.3 Å². The first kappa shape index (κ1) is 11.4. The zero-order valence-corrected chi connectivity index (χ0v) is 10.00. The van der Waals surface area contributed by atoms with Gasteiger partial charge in [-0.1, -0.05) is 13.3 Å². The van der Waals surface area contributed by atoms with Gasteiger partial charge in [0.2, 0.25) is 0 Å². The van der Waals surface area contributed by atoms with Crippen molar-refractivity contribution in [3.8, 4) is 0 Å².